The smallest absolute Gasteiger partial charge is 0.166 e. The molecule has 0 aliphatic carbocycles. The van der Waals surface area contributed by atoms with Gasteiger partial charge in [-0.2, -0.15) is 0 Å². The normalized spacial score (nSPS) is 10.0. The van der Waals surface area contributed by atoms with Crippen LogP contribution in [0.5, 0.6) is 5.75 Å². The highest BCUT2D eigenvalue weighted by atomic mass is 16.3. The molecular formula is C12H11N3O. The highest BCUT2D eigenvalue weighted by Crippen LogP contribution is 2.24. The number of rotatable bonds is 3. The van der Waals surface area contributed by atoms with Crippen LogP contribution < -0.4 is 0 Å². The number of allylic oxidation sites excluding steroid dienone is 1. The molecule has 2 aromatic rings. The van der Waals surface area contributed by atoms with Crippen LogP contribution in [-0.2, 0) is 6.42 Å². The van der Waals surface area contributed by atoms with Crippen LogP contribution in [0.4, 0.5) is 0 Å². The number of hydrogen-bond acceptors (Lipinski definition) is 4. The third-order valence-corrected chi connectivity index (χ3v) is 2.09. The van der Waals surface area contributed by atoms with Gasteiger partial charge in [0.05, 0.1) is 5.56 Å². The number of aromatic hydroxyl groups is 1. The van der Waals surface area contributed by atoms with Gasteiger partial charge < -0.3 is 5.11 Å². The lowest BCUT2D eigenvalue weighted by Crippen LogP contribution is -1.97. The molecule has 0 fully saturated rings. The van der Waals surface area contributed by atoms with E-state index >= 15 is 0 Å². The van der Waals surface area contributed by atoms with E-state index in [1.54, 1.807) is 24.3 Å². The quantitative estimate of drug-likeness (QED) is 0.792. The van der Waals surface area contributed by atoms with Crippen molar-refractivity contribution in [2.24, 2.45) is 0 Å². The topological polar surface area (TPSA) is 58.9 Å². The van der Waals surface area contributed by atoms with Gasteiger partial charge in [0.2, 0.25) is 0 Å². The van der Waals surface area contributed by atoms with Gasteiger partial charge in [0.25, 0.3) is 0 Å². The minimum atomic E-state index is 0.165. The van der Waals surface area contributed by atoms with Crippen molar-refractivity contribution in [1.29, 1.82) is 0 Å². The Hall–Kier alpha value is -2.23. The Bertz CT molecular complexity index is 511. The minimum absolute atomic E-state index is 0.165. The first-order chi connectivity index (χ1) is 7.81. The molecule has 1 aromatic heterocycles. The maximum Gasteiger partial charge on any atom is 0.166 e. The van der Waals surface area contributed by atoms with Crippen molar-refractivity contribution in [2.75, 3.05) is 0 Å². The predicted octanol–water partition coefficient (Wildman–Crippen LogP) is 1.97. The Labute approximate surface area is 93.3 Å². The van der Waals surface area contributed by atoms with Gasteiger partial charge >= 0.3 is 0 Å². The first kappa shape index (κ1) is 10.3. The molecule has 0 saturated carbocycles. The van der Waals surface area contributed by atoms with E-state index in [2.05, 4.69) is 21.5 Å². The Morgan fingerprint density at radius 1 is 1.25 bits per heavy atom. The van der Waals surface area contributed by atoms with E-state index in [4.69, 9.17) is 0 Å². The van der Waals surface area contributed by atoms with Gasteiger partial charge in [0.1, 0.15) is 17.9 Å². The summed E-state index contributed by atoms with van der Waals surface area (Å²) in [6.45, 7) is 3.63. The average Bonchev–Trinajstić information content (AvgIpc) is 2.30. The van der Waals surface area contributed by atoms with E-state index in [0.29, 0.717) is 23.6 Å². The number of hydrogen-bond donors (Lipinski definition) is 1. The lowest BCUT2D eigenvalue weighted by molar-refractivity contribution is 0.477. The Kier molecular flexibility index (Phi) is 2.91. The fraction of sp³-hybridized carbons (Fsp3) is 0.0833. The zero-order chi connectivity index (χ0) is 11.4. The van der Waals surface area contributed by atoms with Crippen molar-refractivity contribution in [1.82, 2.24) is 15.0 Å². The van der Waals surface area contributed by atoms with Gasteiger partial charge in [-0.25, -0.2) is 15.0 Å². The monoisotopic (exact) mass is 213 g/mol. The number of para-hydroxylation sites is 1. The molecule has 0 amide bonds. The van der Waals surface area contributed by atoms with Gasteiger partial charge in [-0.1, -0.05) is 18.2 Å². The number of phenolic OH excluding ortho intramolecular Hbond substituents is 1. The predicted molar refractivity (Wildman–Crippen MR) is 60.8 cm³/mol. The van der Waals surface area contributed by atoms with E-state index in [9.17, 15) is 5.11 Å². The van der Waals surface area contributed by atoms with E-state index in [-0.39, 0.29) is 5.75 Å². The van der Waals surface area contributed by atoms with Gasteiger partial charge in [-0.15, -0.1) is 6.58 Å². The van der Waals surface area contributed by atoms with Crippen molar-refractivity contribution >= 4 is 0 Å². The summed E-state index contributed by atoms with van der Waals surface area (Å²) in [4.78, 5) is 12.3. The molecular weight excluding hydrogens is 202 g/mol. The van der Waals surface area contributed by atoms with Crippen LogP contribution in [0.3, 0.4) is 0 Å². The standard InChI is InChI=1S/C12H11N3O/c1-2-5-11-13-8-14-12(15-11)9-6-3-4-7-10(9)16/h2-4,6-8,16H,1,5H2. The minimum Gasteiger partial charge on any atom is -0.507 e. The van der Waals surface area contributed by atoms with Gasteiger partial charge in [-0.3, -0.25) is 0 Å². The third kappa shape index (κ3) is 2.06. The average molecular weight is 213 g/mol. The third-order valence-electron chi connectivity index (χ3n) is 2.09. The zero-order valence-electron chi connectivity index (χ0n) is 8.67. The Morgan fingerprint density at radius 2 is 2.06 bits per heavy atom. The van der Waals surface area contributed by atoms with Crippen molar-refractivity contribution in [3.05, 3.63) is 49.1 Å². The first-order valence-electron chi connectivity index (χ1n) is 4.88. The molecule has 0 spiro atoms. The summed E-state index contributed by atoms with van der Waals surface area (Å²) >= 11 is 0. The molecule has 0 atom stereocenters. The lowest BCUT2D eigenvalue weighted by Gasteiger charge is -2.03. The molecule has 0 aliphatic rings. The van der Waals surface area contributed by atoms with Crippen LogP contribution in [0.1, 0.15) is 5.82 Å². The molecule has 0 saturated heterocycles. The van der Waals surface area contributed by atoms with Gasteiger partial charge in [0, 0.05) is 6.42 Å². The fourth-order valence-corrected chi connectivity index (χ4v) is 1.35. The molecule has 2 rings (SSSR count). The molecule has 80 valence electrons. The molecule has 16 heavy (non-hydrogen) atoms. The number of phenols is 1. The number of benzene rings is 1. The Balaban J connectivity index is 2.44. The maximum absolute atomic E-state index is 9.66. The van der Waals surface area contributed by atoms with Crippen molar-refractivity contribution in [3.8, 4) is 17.1 Å². The van der Waals surface area contributed by atoms with Crippen LogP contribution in [0.15, 0.2) is 43.2 Å². The van der Waals surface area contributed by atoms with Gasteiger partial charge in [-0.05, 0) is 12.1 Å². The zero-order valence-corrected chi connectivity index (χ0v) is 8.67. The van der Waals surface area contributed by atoms with Gasteiger partial charge in [0.15, 0.2) is 5.82 Å². The molecule has 4 nitrogen and oxygen atoms in total. The van der Waals surface area contributed by atoms with Crippen molar-refractivity contribution < 1.29 is 5.11 Å². The molecule has 0 bridgehead atoms. The fourth-order valence-electron chi connectivity index (χ4n) is 1.35. The van der Waals surface area contributed by atoms with E-state index in [0.717, 1.165) is 0 Å². The number of aromatic nitrogens is 3. The van der Waals surface area contributed by atoms with E-state index in [1.807, 2.05) is 6.07 Å². The van der Waals surface area contributed by atoms with Crippen LogP contribution in [0, 0.1) is 0 Å². The highest BCUT2D eigenvalue weighted by molar-refractivity contribution is 5.62. The van der Waals surface area contributed by atoms with Crippen LogP contribution in [0.2, 0.25) is 0 Å². The van der Waals surface area contributed by atoms with Crippen LogP contribution >= 0.6 is 0 Å². The molecule has 0 aliphatic heterocycles. The Morgan fingerprint density at radius 3 is 2.81 bits per heavy atom. The molecule has 4 heteroatoms. The van der Waals surface area contributed by atoms with Crippen molar-refractivity contribution in [2.45, 2.75) is 6.42 Å². The summed E-state index contributed by atoms with van der Waals surface area (Å²) in [6, 6.07) is 6.95. The van der Waals surface area contributed by atoms with Crippen molar-refractivity contribution in [3.63, 3.8) is 0 Å². The second kappa shape index (κ2) is 4.53. The van der Waals surface area contributed by atoms with Crippen LogP contribution in [0.25, 0.3) is 11.4 Å². The molecule has 1 aromatic carbocycles. The van der Waals surface area contributed by atoms with Crippen LogP contribution in [-0.4, -0.2) is 20.1 Å². The summed E-state index contributed by atoms with van der Waals surface area (Å²) in [6.07, 6.45) is 3.75. The van der Waals surface area contributed by atoms with E-state index in [1.165, 1.54) is 6.33 Å². The second-order valence-electron chi connectivity index (χ2n) is 3.24. The summed E-state index contributed by atoms with van der Waals surface area (Å²) in [7, 11) is 0. The SMILES string of the molecule is C=CCc1ncnc(-c2ccccc2O)n1. The highest BCUT2D eigenvalue weighted by Gasteiger charge is 2.06. The first-order valence-corrected chi connectivity index (χ1v) is 4.88. The number of nitrogens with zero attached hydrogens (tertiary/aromatic N) is 3. The second-order valence-corrected chi connectivity index (χ2v) is 3.24. The summed E-state index contributed by atoms with van der Waals surface area (Å²) < 4.78 is 0. The molecule has 0 unspecified atom stereocenters. The summed E-state index contributed by atoms with van der Waals surface area (Å²) in [5.74, 6) is 1.28. The summed E-state index contributed by atoms with van der Waals surface area (Å²) in [5, 5.41) is 9.66. The molecule has 1 N–H and O–H groups in total. The van der Waals surface area contributed by atoms with E-state index < -0.39 is 0 Å². The molecule has 1 heterocycles. The summed E-state index contributed by atoms with van der Waals surface area (Å²) in [5.41, 5.74) is 0.607. The maximum atomic E-state index is 9.66. The molecule has 0 radical (unpaired) electrons. The largest absolute Gasteiger partial charge is 0.507 e. The lowest BCUT2D eigenvalue weighted by atomic mass is 10.2.